The van der Waals surface area contributed by atoms with E-state index in [1.54, 1.807) is 12.1 Å². The minimum atomic E-state index is 0.192. The highest BCUT2D eigenvalue weighted by molar-refractivity contribution is 5.78. The average molecular weight is 340 g/mol. The number of hydrogen-bond donors (Lipinski definition) is 3. The van der Waals surface area contributed by atoms with Gasteiger partial charge in [-0.15, -0.1) is 0 Å². The lowest BCUT2D eigenvalue weighted by Crippen LogP contribution is -2.11. The van der Waals surface area contributed by atoms with E-state index in [9.17, 15) is 5.11 Å². The third kappa shape index (κ3) is 4.09. The Morgan fingerprint density at radius 3 is 2.72 bits per heavy atom. The van der Waals surface area contributed by atoms with Gasteiger partial charge in [0.05, 0.1) is 17.6 Å². The van der Waals surface area contributed by atoms with Crippen LogP contribution in [-0.2, 0) is 6.54 Å². The smallest absolute Gasteiger partial charge is 0.204 e. The number of aryl methyl sites for hydroxylation is 1. The number of nitrogens with one attached hydrogen (secondary N) is 1. The number of fused-ring (bicyclic) bond motifs is 1. The summed E-state index contributed by atoms with van der Waals surface area (Å²) in [5, 5.41) is 22.4. The Balaban J connectivity index is 1.86. The third-order valence-corrected chi connectivity index (χ3v) is 4.17. The van der Waals surface area contributed by atoms with Crippen LogP contribution in [0.3, 0.4) is 0 Å². The minimum Gasteiger partial charge on any atom is -0.506 e. The predicted octanol–water partition coefficient (Wildman–Crippen LogP) is 3.07. The topological polar surface area (TPSA) is 83.2 Å². The van der Waals surface area contributed by atoms with Crippen molar-refractivity contribution in [2.45, 2.75) is 32.7 Å². The maximum absolute atomic E-state index is 10.1. The molecular formula is C19H24N4O2. The second-order valence-corrected chi connectivity index (χ2v) is 6.14. The van der Waals surface area contributed by atoms with Gasteiger partial charge < -0.3 is 20.1 Å². The number of anilines is 1. The van der Waals surface area contributed by atoms with Crippen LogP contribution in [0.15, 0.2) is 36.4 Å². The summed E-state index contributed by atoms with van der Waals surface area (Å²) in [5.74, 6) is 0.963. The van der Waals surface area contributed by atoms with Crippen molar-refractivity contribution >= 4 is 17.0 Å². The van der Waals surface area contributed by atoms with Crippen molar-refractivity contribution in [2.75, 3.05) is 18.5 Å². The number of aromatic nitrogens is 3. The standard InChI is InChI=1S/C19H24N4O2/c1-14-9-10-18(25)16(21-14)13-23-17-8-4-3-7-15(17)22-19(23)20-11-5-2-6-12-24/h3-4,7-10,24-25H,2,5-6,11-13H2,1H3,(H,20,22). The Hall–Kier alpha value is -2.60. The second-order valence-electron chi connectivity index (χ2n) is 6.14. The number of aromatic hydroxyl groups is 1. The number of nitrogens with zero attached hydrogens (tertiary/aromatic N) is 3. The molecule has 1 aromatic carbocycles. The molecule has 3 rings (SSSR count). The van der Waals surface area contributed by atoms with Gasteiger partial charge in [-0.3, -0.25) is 4.98 Å². The molecule has 2 heterocycles. The highest BCUT2D eigenvalue weighted by atomic mass is 16.3. The van der Waals surface area contributed by atoms with E-state index in [-0.39, 0.29) is 12.4 Å². The van der Waals surface area contributed by atoms with Crippen LogP contribution in [0.25, 0.3) is 11.0 Å². The molecule has 0 aliphatic rings. The zero-order valence-corrected chi connectivity index (χ0v) is 14.4. The van der Waals surface area contributed by atoms with Crippen LogP contribution in [0.2, 0.25) is 0 Å². The number of rotatable bonds is 8. The van der Waals surface area contributed by atoms with Crippen LogP contribution in [0, 0.1) is 6.92 Å². The fraction of sp³-hybridized carbons (Fsp3) is 0.368. The molecule has 2 aromatic heterocycles. The Bertz CT molecular complexity index is 845. The van der Waals surface area contributed by atoms with Crippen molar-refractivity contribution < 1.29 is 10.2 Å². The number of hydrogen-bond acceptors (Lipinski definition) is 5. The van der Waals surface area contributed by atoms with E-state index in [2.05, 4.69) is 15.3 Å². The van der Waals surface area contributed by atoms with Crippen molar-refractivity contribution in [3.05, 3.63) is 47.8 Å². The molecule has 0 spiro atoms. The van der Waals surface area contributed by atoms with E-state index in [0.717, 1.165) is 48.5 Å². The average Bonchev–Trinajstić information content (AvgIpc) is 2.96. The van der Waals surface area contributed by atoms with E-state index >= 15 is 0 Å². The fourth-order valence-electron chi connectivity index (χ4n) is 2.85. The first-order chi connectivity index (χ1) is 12.2. The number of benzene rings is 1. The van der Waals surface area contributed by atoms with Gasteiger partial charge >= 0.3 is 0 Å². The first-order valence-electron chi connectivity index (χ1n) is 8.64. The molecule has 132 valence electrons. The van der Waals surface area contributed by atoms with Crippen molar-refractivity contribution in [2.24, 2.45) is 0 Å². The molecule has 0 unspecified atom stereocenters. The number of aliphatic hydroxyl groups excluding tert-OH is 1. The van der Waals surface area contributed by atoms with E-state index < -0.39 is 0 Å². The van der Waals surface area contributed by atoms with Gasteiger partial charge in [-0.05, 0) is 50.5 Å². The van der Waals surface area contributed by atoms with Crippen molar-refractivity contribution in [3.8, 4) is 5.75 Å². The van der Waals surface area contributed by atoms with Crippen molar-refractivity contribution in [1.82, 2.24) is 14.5 Å². The first-order valence-corrected chi connectivity index (χ1v) is 8.64. The summed E-state index contributed by atoms with van der Waals surface area (Å²) in [6, 6.07) is 11.4. The number of para-hydroxylation sites is 2. The molecule has 0 radical (unpaired) electrons. The zero-order valence-electron chi connectivity index (χ0n) is 14.4. The van der Waals surface area contributed by atoms with Gasteiger partial charge in [0.2, 0.25) is 5.95 Å². The fourth-order valence-corrected chi connectivity index (χ4v) is 2.85. The van der Waals surface area contributed by atoms with Crippen LogP contribution in [0.1, 0.15) is 30.7 Å². The van der Waals surface area contributed by atoms with Gasteiger partial charge in [-0.25, -0.2) is 4.98 Å². The molecule has 0 atom stereocenters. The molecule has 0 aliphatic carbocycles. The van der Waals surface area contributed by atoms with E-state index in [4.69, 9.17) is 5.11 Å². The van der Waals surface area contributed by atoms with Gasteiger partial charge in [0.1, 0.15) is 11.4 Å². The Kier molecular flexibility index (Phi) is 5.50. The monoisotopic (exact) mass is 340 g/mol. The molecule has 0 saturated heterocycles. The molecule has 3 aromatic rings. The summed E-state index contributed by atoms with van der Waals surface area (Å²) in [4.78, 5) is 9.13. The van der Waals surface area contributed by atoms with Gasteiger partial charge in [0, 0.05) is 18.8 Å². The Morgan fingerprint density at radius 2 is 1.88 bits per heavy atom. The van der Waals surface area contributed by atoms with Crippen molar-refractivity contribution in [3.63, 3.8) is 0 Å². The highest BCUT2D eigenvalue weighted by Crippen LogP contribution is 2.24. The molecular weight excluding hydrogens is 316 g/mol. The molecule has 6 heteroatoms. The predicted molar refractivity (Wildman–Crippen MR) is 98.9 cm³/mol. The number of unbranched alkanes of at least 4 members (excludes halogenated alkanes) is 2. The number of imidazole rings is 1. The molecule has 0 amide bonds. The third-order valence-electron chi connectivity index (χ3n) is 4.17. The summed E-state index contributed by atoms with van der Waals surface area (Å²) in [6.45, 7) is 3.38. The van der Waals surface area contributed by atoms with Crippen molar-refractivity contribution in [1.29, 1.82) is 0 Å². The molecule has 3 N–H and O–H groups in total. The van der Waals surface area contributed by atoms with E-state index in [1.807, 2.05) is 35.8 Å². The summed E-state index contributed by atoms with van der Waals surface area (Å²) >= 11 is 0. The van der Waals surface area contributed by atoms with Crippen LogP contribution in [-0.4, -0.2) is 37.9 Å². The Labute approximate surface area is 147 Å². The maximum Gasteiger partial charge on any atom is 0.204 e. The van der Waals surface area contributed by atoms with Crippen LogP contribution < -0.4 is 5.32 Å². The van der Waals surface area contributed by atoms with Crippen LogP contribution in [0.4, 0.5) is 5.95 Å². The van der Waals surface area contributed by atoms with Gasteiger partial charge in [0.25, 0.3) is 0 Å². The molecule has 25 heavy (non-hydrogen) atoms. The highest BCUT2D eigenvalue weighted by Gasteiger charge is 2.13. The Morgan fingerprint density at radius 1 is 1.04 bits per heavy atom. The molecule has 0 saturated carbocycles. The number of pyridine rings is 1. The summed E-state index contributed by atoms with van der Waals surface area (Å²) < 4.78 is 2.04. The minimum absolute atomic E-state index is 0.192. The van der Waals surface area contributed by atoms with Crippen LogP contribution >= 0.6 is 0 Å². The molecule has 0 fully saturated rings. The lowest BCUT2D eigenvalue weighted by atomic mass is 10.2. The SMILES string of the molecule is Cc1ccc(O)c(Cn2c(NCCCCCO)nc3ccccc32)n1. The second kappa shape index (κ2) is 7.98. The molecule has 0 bridgehead atoms. The maximum atomic E-state index is 10.1. The zero-order chi connectivity index (χ0) is 17.6. The normalized spacial score (nSPS) is 11.1. The lowest BCUT2D eigenvalue weighted by Gasteiger charge is -2.12. The number of aliphatic hydroxyl groups is 1. The lowest BCUT2D eigenvalue weighted by molar-refractivity contribution is 0.283. The van der Waals surface area contributed by atoms with Gasteiger partial charge in [-0.2, -0.15) is 0 Å². The molecule has 6 nitrogen and oxygen atoms in total. The largest absolute Gasteiger partial charge is 0.506 e. The van der Waals surface area contributed by atoms with E-state index in [1.165, 1.54) is 0 Å². The van der Waals surface area contributed by atoms with Crippen LogP contribution in [0.5, 0.6) is 5.75 Å². The summed E-state index contributed by atoms with van der Waals surface area (Å²) in [7, 11) is 0. The summed E-state index contributed by atoms with van der Waals surface area (Å²) in [6.07, 6.45) is 2.76. The van der Waals surface area contributed by atoms with Gasteiger partial charge in [0.15, 0.2) is 0 Å². The summed E-state index contributed by atoms with van der Waals surface area (Å²) in [5.41, 5.74) is 3.41. The van der Waals surface area contributed by atoms with Gasteiger partial charge in [-0.1, -0.05) is 12.1 Å². The quantitative estimate of drug-likeness (QED) is 0.549. The first kappa shape index (κ1) is 17.2. The molecule has 0 aliphatic heterocycles. The van der Waals surface area contributed by atoms with E-state index in [0.29, 0.717) is 12.2 Å².